The summed E-state index contributed by atoms with van der Waals surface area (Å²) in [6.07, 6.45) is 5.80. The van der Waals surface area contributed by atoms with Crippen molar-refractivity contribution in [2.45, 2.75) is 112 Å². The molecule has 0 amide bonds. The summed E-state index contributed by atoms with van der Waals surface area (Å²) in [6, 6.07) is 40.8. The molecule has 0 radical (unpaired) electrons. The maximum absolute atomic E-state index is 16.7. The van der Waals surface area contributed by atoms with Crippen molar-refractivity contribution >= 4 is 24.5 Å². The van der Waals surface area contributed by atoms with E-state index in [1.54, 1.807) is 0 Å². The van der Waals surface area contributed by atoms with Crippen molar-refractivity contribution in [1.29, 1.82) is 0 Å². The van der Waals surface area contributed by atoms with Gasteiger partial charge in [0.05, 0.1) is 11.4 Å². The number of aromatic nitrogens is 1. The summed E-state index contributed by atoms with van der Waals surface area (Å²) in [5.74, 6) is 0. The van der Waals surface area contributed by atoms with Crippen molar-refractivity contribution in [1.82, 2.24) is 4.48 Å². The Morgan fingerprint density at radius 3 is 1.72 bits per heavy atom. The van der Waals surface area contributed by atoms with Gasteiger partial charge in [-0.2, -0.15) is 0 Å². The van der Waals surface area contributed by atoms with E-state index in [0.29, 0.717) is 0 Å². The van der Waals surface area contributed by atoms with Crippen molar-refractivity contribution in [2.75, 3.05) is 0 Å². The lowest BCUT2D eigenvalue weighted by Gasteiger charge is -2.22. The number of fused-ring (bicyclic) bond motifs is 6. The standard InChI is InChI=1S/C56H58BFN2/c1-34-16-20-39(21-17-34)50(52-48(37-22-26-42(27-23-37)55(4,5)6)46-14-10-12-40-32-35(2)18-30-44(40)51(46)59-52)54-49(38-24-28-43(29-25-38)56(7,8)9)47-15-11-13-41-33-36(3)19-31-45(41)53(47)60(54)57-58/h16-33,57H,10-15H2,1-9H3/b52-50-. The van der Waals surface area contributed by atoms with E-state index in [-0.39, 0.29) is 10.8 Å². The number of nitrogens with zero attached hydrogens (tertiary/aromatic N) is 2. The number of aryl methyl sites for hydroxylation is 5. The lowest BCUT2D eigenvalue weighted by Crippen LogP contribution is -2.11. The second-order valence-corrected chi connectivity index (χ2v) is 19.7. The zero-order valence-electron chi connectivity index (χ0n) is 37.1. The molecule has 0 saturated carbocycles. The molecule has 302 valence electrons. The van der Waals surface area contributed by atoms with E-state index in [4.69, 9.17) is 4.99 Å². The molecule has 6 aromatic rings. The van der Waals surface area contributed by atoms with Gasteiger partial charge in [0.2, 0.25) is 0 Å². The van der Waals surface area contributed by atoms with Crippen molar-refractivity contribution in [2.24, 2.45) is 4.99 Å². The van der Waals surface area contributed by atoms with E-state index in [0.717, 1.165) is 94.7 Å². The molecule has 2 aliphatic carbocycles. The predicted molar refractivity (Wildman–Crippen MR) is 254 cm³/mol. The lowest BCUT2D eigenvalue weighted by molar-refractivity contribution is 0.590. The summed E-state index contributed by atoms with van der Waals surface area (Å²) in [5.41, 5.74) is 24.3. The molecular weight excluding hydrogens is 730 g/mol. The Kier molecular flexibility index (Phi) is 10.1. The van der Waals surface area contributed by atoms with Gasteiger partial charge in [0, 0.05) is 39.2 Å². The minimum absolute atomic E-state index is 0.00237. The summed E-state index contributed by atoms with van der Waals surface area (Å²) in [5, 5.41) is 0. The molecule has 1 aliphatic heterocycles. The lowest BCUT2D eigenvalue weighted by atomic mass is 9.83. The van der Waals surface area contributed by atoms with Crippen LogP contribution in [0.1, 0.15) is 128 Å². The van der Waals surface area contributed by atoms with E-state index >= 15 is 4.32 Å². The molecule has 0 spiro atoms. The van der Waals surface area contributed by atoms with Gasteiger partial charge in [0.15, 0.2) is 0 Å². The zero-order valence-corrected chi connectivity index (χ0v) is 37.1. The van der Waals surface area contributed by atoms with E-state index in [2.05, 4.69) is 172 Å². The first-order valence-corrected chi connectivity index (χ1v) is 22.1. The highest BCUT2D eigenvalue weighted by molar-refractivity contribution is 6.29. The topological polar surface area (TPSA) is 17.3 Å². The fourth-order valence-electron chi connectivity index (χ4n) is 9.98. The van der Waals surface area contributed by atoms with Gasteiger partial charge in [0.1, 0.15) is 0 Å². The first-order valence-electron chi connectivity index (χ1n) is 22.1. The highest BCUT2D eigenvalue weighted by Crippen LogP contribution is 2.51. The molecule has 0 unspecified atom stereocenters. The Morgan fingerprint density at radius 2 is 1.13 bits per heavy atom. The molecular formula is C56H58BFN2. The van der Waals surface area contributed by atoms with Gasteiger partial charge in [-0.1, -0.05) is 167 Å². The Balaban J connectivity index is 1.45. The molecule has 2 heterocycles. The van der Waals surface area contributed by atoms with Crippen LogP contribution in [-0.2, 0) is 30.1 Å². The van der Waals surface area contributed by atoms with Gasteiger partial charge >= 0.3 is 7.69 Å². The van der Waals surface area contributed by atoms with Gasteiger partial charge in [-0.15, -0.1) is 0 Å². The predicted octanol–water partition coefficient (Wildman–Crippen LogP) is 14.0. The van der Waals surface area contributed by atoms with Crippen LogP contribution in [0.2, 0.25) is 0 Å². The van der Waals surface area contributed by atoms with Crippen LogP contribution in [0, 0.1) is 20.8 Å². The molecule has 0 fully saturated rings. The smallest absolute Gasteiger partial charge is 0.358 e. The van der Waals surface area contributed by atoms with E-state index in [9.17, 15) is 0 Å². The van der Waals surface area contributed by atoms with Crippen LogP contribution >= 0.6 is 0 Å². The highest BCUT2D eigenvalue weighted by atomic mass is 19.1. The first-order chi connectivity index (χ1) is 28.7. The average molecular weight is 789 g/mol. The fourth-order valence-corrected chi connectivity index (χ4v) is 9.98. The van der Waals surface area contributed by atoms with Crippen LogP contribution in [0.5, 0.6) is 0 Å². The Bertz CT molecular complexity index is 2740. The van der Waals surface area contributed by atoms with Crippen molar-refractivity contribution in [3.8, 4) is 22.4 Å². The maximum atomic E-state index is 16.7. The second kappa shape index (κ2) is 15.2. The molecule has 0 N–H and O–H groups in total. The third-order valence-electron chi connectivity index (χ3n) is 13.2. The largest absolute Gasteiger partial charge is 0.449 e. The molecule has 0 atom stereocenters. The fraction of sp³-hybridized carbons (Fsp3) is 0.304. The van der Waals surface area contributed by atoms with Crippen LogP contribution in [-0.4, -0.2) is 17.9 Å². The summed E-state index contributed by atoms with van der Waals surface area (Å²) in [7, 11) is -0.654. The minimum Gasteiger partial charge on any atom is -0.358 e. The van der Waals surface area contributed by atoms with Crippen LogP contribution in [0.4, 0.5) is 4.32 Å². The normalized spacial score (nSPS) is 16.0. The van der Waals surface area contributed by atoms with Crippen molar-refractivity contribution in [3.05, 3.63) is 187 Å². The number of halogens is 1. The minimum atomic E-state index is -0.654. The Labute approximate surface area is 358 Å². The molecule has 5 aromatic carbocycles. The zero-order chi connectivity index (χ0) is 42.1. The Hall–Kier alpha value is -5.48. The molecule has 0 bridgehead atoms. The second-order valence-electron chi connectivity index (χ2n) is 19.7. The molecule has 4 heteroatoms. The number of hydrogen-bond acceptors (Lipinski definition) is 1. The molecule has 1 aromatic heterocycles. The summed E-state index contributed by atoms with van der Waals surface area (Å²) < 4.78 is 18.7. The number of allylic oxidation sites excluding steroid dienone is 2. The van der Waals surface area contributed by atoms with Crippen LogP contribution in [0.3, 0.4) is 0 Å². The molecule has 2 nitrogen and oxygen atoms in total. The quantitative estimate of drug-likeness (QED) is 0.155. The van der Waals surface area contributed by atoms with Gasteiger partial charge in [-0.25, -0.2) is 4.99 Å². The van der Waals surface area contributed by atoms with Crippen LogP contribution in [0.25, 0.3) is 33.5 Å². The third kappa shape index (κ3) is 7.06. The summed E-state index contributed by atoms with van der Waals surface area (Å²) in [6.45, 7) is 20.1. The van der Waals surface area contributed by atoms with Crippen LogP contribution in [0.15, 0.2) is 125 Å². The number of rotatable bonds is 5. The molecule has 60 heavy (non-hydrogen) atoms. The number of hydrogen-bond donors (Lipinski definition) is 0. The maximum Gasteiger partial charge on any atom is 0.449 e. The Morgan fingerprint density at radius 1 is 0.600 bits per heavy atom. The highest BCUT2D eigenvalue weighted by Gasteiger charge is 2.36. The summed E-state index contributed by atoms with van der Waals surface area (Å²) >= 11 is 0. The SMILES string of the molecule is Cc1ccc(/C(=C2/N=C3C(=C2c2ccc(C(C)(C)C)cc2)CCCc2cc(C)ccc23)c2c(-c3ccc(C(C)(C)C)cc3)c3c(n2BF)-c2ccc(C)cc2CCC3)cc1. The number of benzene rings is 5. The third-order valence-corrected chi connectivity index (χ3v) is 13.2. The average Bonchev–Trinajstić information content (AvgIpc) is 3.59. The summed E-state index contributed by atoms with van der Waals surface area (Å²) in [4.78, 5) is 5.87. The van der Waals surface area contributed by atoms with Crippen molar-refractivity contribution in [3.63, 3.8) is 0 Å². The van der Waals surface area contributed by atoms with Gasteiger partial charge in [-0.3, -0.25) is 0 Å². The van der Waals surface area contributed by atoms with Crippen LogP contribution < -0.4 is 0 Å². The molecule has 3 aliphatic rings. The molecule has 0 saturated heterocycles. The first kappa shape index (κ1) is 40.0. The van der Waals surface area contributed by atoms with E-state index in [1.807, 2.05) is 4.48 Å². The molecule has 9 rings (SSSR count). The van der Waals surface area contributed by atoms with Gasteiger partial charge in [0.25, 0.3) is 0 Å². The van der Waals surface area contributed by atoms with Gasteiger partial charge in [-0.05, 0) is 120 Å². The monoisotopic (exact) mass is 788 g/mol. The van der Waals surface area contributed by atoms with Gasteiger partial charge < -0.3 is 8.79 Å². The van der Waals surface area contributed by atoms with E-state index in [1.165, 1.54) is 61.2 Å². The van der Waals surface area contributed by atoms with E-state index < -0.39 is 7.69 Å². The van der Waals surface area contributed by atoms with Crippen molar-refractivity contribution < 1.29 is 4.32 Å². The number of aliphatic imine (C=N–C) groups is 1.